The van der Waals surface area contributed by atoms with E-state index >= 15 is 0 Å². The van der Waals surface area contributed by atoms with Crippen molar-refractivity contribution < 1.29 is 17.9 Å². The van der Waals surface area contributed by atoms with Gasteiger partial charge in [0.05, 0.1) is 12.8 Å². The Hall–Kier alpha value is -1.08. The van der Waals surface area contributed by atoms with Crippen LogP contribution < -0.4 is 5.32 Å². The number of ether oxygens (including phenoxy) is 1. The number of nitrogens with one attached hydrogen (secondary N) is 1. The molecule has 1 aromatic heterocycles. The zero-order valence-corrected chi connectivity index (χ0v) is 9.84. The molecule has 0 atom stereocenters. The molecule has 0 radical (unpaired) electrons. The second-order valence-electron chi connectivity index (χ2n) is 3.72. The monoisotopic (exact) mass is 251 g/mol. The normalized spacial score (nSPS) is 12.1. The minimum atomic E-state index is -4.25. The maximum absolute atomic E-state index is 11.7. The highest BCUT2D eigenvalue weighted by Crippen LogP contribution is 2.13. The zero-order valence-electron chi connectivity index (χ0n) is 9.84. The van der Waals surface area contributed by atoms with Crippen molar-refractivity contribution in [2.45, 2.75) is 19.6 Å². The van der Waals surface area contributed by atoms with Gasteiger partial charge < -0.3 is 10.1 Å². The van der Waals surface area contributed by atoms with Crippen LogP contribution in [0.4, 0.5) is 13.2 Å². The summed E-state index contributed by atoms with van der Waals surface area (Å²) in [6.07, 6.45) is -2.52. The molecule has 0 aromatic carbocycles. The standard InChI is InChI=1S/C10H16F3N3O/c1-8-9(6-15-16(8)2)5-14-3-4-17-7-10(11,12)13/h6,14H,3-5,7H2,1-2H3. The summed E-state index contributed by atoms with van der Waals surface area (Å²) in [7, 11) is 1.84. The Balaban J connectivity index is 2.11. The Bertz CT molecular complexity index is 349. The Morgan fingerprint density at radius 3 is 2.71 bits per heavy atom. The summed E-state index contributed by atoms with van der Waals surface area (Å²) < 4.78 is 41.4. The second-order valence-corrected chi connectivity index (χ2v) is 3.72. The van der Waals surface area contributed by atoms with E-state index in [4.69, 9.17) is 0 Å². The lowest BCUT2D eigenvalue weighted by molar-refractivity contribution is -0.173. The van der Waals surface area contributed by atoms with Crippen molar-refractivity contribution in [1.29, 1.82) is 0 Å². The van der Waals surface area contributed by atoms with Gasteiger partial charge in [0.2, 0.25) is 0 Å². The summed E-state index contributed by atoms with van der Waals surface area (Å²) in [4.78, 5) is 0. The molecule has 1 N–H and O–H groups in total. The van der Waals surface area contributed by atoms with E-state index in [0.717, 1.165) is 11.3 Å². The second kappa shape index (κ2) is 6.02. The number of hydrogen-bond donors (Lipinski definition) is 1. The van der Waals surface area contributed by atoms with Crippen molar-refractivity contribution in [3.63, 3.8) is 0 Å². The summed E-state index contributed by atoms with van der Waals surface area (Å²) in [6, 6.07) is 0. The first-order chi connectivity index (χ1) is 7.90. The van der Waals surface area contributed by atoms with Gasteiger partial charge in [-0.2, -0.15) is 18.3 Å². The topological polar surface area (TPSA) is 39.1 Å². The Kier molecular flexibility index (Phi) is 4.95. The molecule has 0 aliphatic carbocycles. The van der Waals surface area contributed by atoms with Gasteiger partial charge in [-0.15, -0.1) is 0 Å². The van der Waals surface area contributed by atoms with Gasteiger partial charge in [-0.1, -0.05) is 0 Å². The predicted octanol–water partition coefficient (Wildman–Crippen LogP) is 1.40. The summed E-state index contributed by atoms with van der Waals surface area (Å²) in [5.74, 6) is 0. The summed E-state index contributed by atoms with van der Waals surface area (Å²) in [6.45, 7) is 1.74. The van der Waals surface area contributed by atoms with Crippen LogP contribution in [0, 0.1) is 6.92 Å². The van der Waals surface area contributed by atoms with Crippen LogP contribution in [-0.4, -0.2) is 35.7 Å². The maximum Gasteiger partial charge on any atom is 0.411 e. The molecule has 0 amide bonds. The van der Waals surface area contributed by atoms with E-state index < -0.39 is 12.8 Å². The van der Waals surface area contributed by atoms with Crippen molar-refractivity contribution >= 4 is 0 Å². The van der Waals surface area contributed by atoms with Crippen molar-refractivity contribution in [3.8, 4) is 0 Å². The number of aryl methyl sites for hydroxylation is 1. The molecule has 0 unspecified atom stereocenters. The maximum atomic E-state index is 11.7. The van der Waals surface area contributed by atoms with Gasteiger partial charge in [-0.3, -0.25) is 4.68 Å². The van der Waals surface area contributed by atoms with E-state index in [-0.39, 0.29) is 6.61 Å². The van der Waals surface area contributed by atoms with Crippen molar-refractivity contribution in [1.82, 2.24) is 15.1 Å². The molecule has 0 aliphatic rings. The third kappa shape index (κ3) is 5.18. The van der Waals surface area contributed by atoms with Gasteiger partial charge in [-0.25, -0.2) is 0 Å². The molecule has 0 spiro atoms. The van der Waals surface area contributed by atoms with E-state index in [0.29, 0.717) is 13.1 Å². The molecular formula is C10H16F3N3O. The number of halogens is 3. The van der Waals surface area contributed by atoms with E-state index in [1.54, 1.807) is 10.9 Å². The number of hydrogen-bond acceptors (Lipinski definition) is 3. The lowest BCUT2D eigenvalue weighted by atomic mass is 10.2. The molecule has 4 nitrogen and oxygen atoms in total. The highest BCUT2D eigenvalue weighted by Gasteiger charge is 2.27. The SMILES string of the molecule is Cc1c(CNCCOCC(F)(F)F)cnn1C. The van der Waals surface area contributed by atoms with E-state index in [1.807, 2.05) is 14.0 Å². The van der Waals surface area contributed by atoms with Crippen molar-refractivity contribution in [2.24, 2.45) is 7.05 Å². The molecule has 17 heavy (non-hydrogen) atoms. The van der Waals surface area contributed by atoms with Crippen LogP contribution in [0.2, 0.25) is 0 Å². The number of aromatic nitrogens is 2. The highest BCUT2D eigenvalue weighted by molar-refractivity contribution is 5.15. The molecule has 7 heteroatoms. The molecule has 0 saturated carbocycles. The van der Waals surface area contributed by atoms with Crippen LogP contribution in [0.25, 0.3) is 0 Å². The van der Waals surface area contributed by atoms with E-state index in [9.17, 15) is 13.2 Å². The average molecular weight is 251 g/mol. The fraction of sp³-hybridized carbons (Fsp3) is 0.700. The molecular weight excluding hydrogens is 235 g/mol. The Morgan fingerprint density at radius 2 is 2.18 bits per heavy atom. The quantitative estimate of drug-likeness (QED) is 0.777. The molecule has 1 aromatic rings. The van der Waals surface area contributed by atoms with Gasteiger partial charge in [0.15, 0.2) is 0 Å². The van der Waals surface area contributed by atoms with Gasteiger partial charge in [0, 0.05) is 31.4 Å². The molecule has 1 rings (SSSR count). The first kappa shape index (κ1) is 14.0. The Morgan fingerprint density at radius 1 is 1.47 bits per heavy atom. The number of rotatable bonds is 6. The molecule has 1 heterocycles. The lowest BCUT2D eigenvalue weighted by Gasteiger charge is -2.08. The van der Waals surface area contributed by atoms with E-state index in [1.165, 1.54) is 0 Å². The zero-order chi connectivity index (χ0) is 12.9. The van der Waals surface area contributed by atoms with Crippen LogP contribution >= 0.6 is 0 Å². The van der Waals surface area contributed by atoms with Crippen LogP contribution in [0.15, 0.2) is 6.20 Å². The van der Waals surface area contributed by atoms with Crippen LogP contribution in [0.3, 0.4) is 0 Å². The van der Waals surface area contributed by atoms with Crippen molar-refractivity contribution in [3.05, 3.63) is 17.5 Å². The van der Waals surface area contributed by atoms with Crippen LogP contribution in [-0.2, 0) is 18.3 Å². The van der Waals surface area contributed by atoms with Crippen molar-refractivity contribution in [2.75, 3.05) is 19.8 Å². The largest absolute Gasteiger partial charge is 0.411 e. The fourth-order valence-corrected chi connectivity index (χ4v) is 1.27. The average Bonchev–Trinajstić information content (AvgIpc) is 2.53. The third-order valence-electron chi connectivity index (χ3n) is 2.34. The Labute approximate surface area is 97.8 Å². The molecule has 0 bridgehead atoms. The minimum absolute atomic E-state index is 0.0405. The minimum Gasteiger partial charge on any atom is -0.371 e. The highest BCUT2D eigenvalue weighted by atomic mass is 19.4. The number of nitrogens with zero attached hydrogens (tertiary/aromatic N) is 2. The van der Waals surface area contributed by atoms with Gasteiger partial charge in [-0.05, 0) is 6.92 Å². The molecule has 0 fully saturated rings. The van der Waals surface area contributed by atoms with Gasteiger partial charge in [0.1, 0.15) is 6.61 Å². The van der Waals surface area contributed by atoms with Gasteiger partial charge in [0.25, 0.3) is 0 Å². The first-order valence-electron chi connectivity index (χ1n) is 5.23. The molecule has 98 valence electrons. The summed E-state index contributed by atoms with van der Waals surface area (Å²) >= 11 is 0. The first-order valence-corrected chi connectivity index (χ1v) is 5.23. The van der Waals surface area contributed by atoms with E-state index in [2.05, 4.69) is 15.2 Å². The molecule has 0 aliphatic heterocycles. The summed E-state index contributed by atoms with van der Waals surface area (Å²) in [5.41, 5.74) is 2.07. The van der Waals surface area contributed by atoms with Gasteiger partial charge >= 0.3 is 6.18 Å². The summed E-state index contributed by atoms with van der Waals surface area (Å²) in [5, 5.41) is 7.06. The molecule has 0 saturated heterocycles. The fourth-order valence-electron chi connectivity index (χ4n) is 1.27. The predicted molar refractivity (Wildman–Crippen MR) is 56.5 cm³/mol. The van der Waals surface area contributed by atoms with Crippen LogP contribution in [0.5, 0.6) is 0 Å². The third-order valence-corrected chi connectivity index (χ3v) is 2.34. The smallest absolute Gasteiger partial charge is 0.371 e. The van der Waals surface area contributed by atoms with Crippen LogP contribution in [0.1, 0.15) is 11.3 Å². The lowest BCUT2D eigenvalue weighted by Crippen LogP contribution is -2.23. The number of alkyl halides is 3.